The van der Waals surface area contributed by atoms with Crippen LogP contribution in [0.15, 0.2) is 23.1 Å². The van der Waals surface area contributed by atoms with Crippen LogP contribution in [0.1, 0.15) is 13.3 Å². The van der Waals surface area contributed by atoms with E-state index in [0.29, 0.717) is 6.42 Å². The van der Waals surface area contributed by atoms with Gasteiger partial charge in [-0.15, -0.1) is 0 Å². The molecule has 0 aromatic heterocycles. The van der Waals surface area contributed by atoms with Crippen LogP contribution in [-0.4, -0.2) is 43.9 Å². The highest BCUT2D eigenvalue weighted by molar-refractivity contribution is 7.89. The third kappa shape index (κ3) is 3.61. The summed E-state index contributed by atoms with van der Waals surface area (Å²) in [7, 11) is -2.38. The Bertz CT molecular complexity index is 586. The molecule has 0 spiro atoms. The Balaban J connectivity index is 3.14. The zero-order valence-corrected chi connectivity index (χ0v) is 12.3. The maximum atomic E-state index is 12.4. The van der Waals surface area contributed by atoms with Crippen LogP contribution in [0.4, 0.5) is 5.69 Å². The summed E-state index contributed by atoms with van der Waals surface area (Å²) < 4.78 is 26.0. The lowest BCUT2D eigenvalue weighted by Crippen LogP contribution is -2.40. The van der Waals surface area contributed by atoms with E-state index in [1.54, 1.807) is 0 Å². The Morgan fingerprint density at radius 1 is 1.45 bits per heavy atom. The zero-order valence-electron chi connectivity index (χ0n) is 11.5. The summed E-state index contributed by atoms with van der Waals surface area (Å²) in [5, 5.41) is 11.7. The summed E-state index contributed by atoms with van der Waals surface area (Å²) in [6.07, 6.45) is 0.573. The largest absolute Gasteiger partial charge is 0.506 e. The van der Waals surface area contributed by atoms with Crippen molar-refractivity contribution in [3.63, 3.8) is 0 Å². The minimum atomic E-state index is -3.83. The van der Waals surface area contributed by atoms with E-state index in [-0.39, 0.29) is 29.4 Å². The highest BCUT2D eigenvalue weighted by Crippen LogP contribution is 2.25. The average molecular weight is 301 g/mol. The number of rotatable bonds is 6. The van der Waals surface area contributed by atoms with Gasteiger partial charge in [-0.1, -0.05) is 6.92 Å². The van der Waals surface area contributed by atoms with Gasteiger partial charge >= 0.3 is 0 Å². The predicted molar refractivity (Wildman–Crippen MR) is 75.6 cm³/mol. The van der Waals surface area contributed by atoms with E-state index >= 15 is 0 Å². The molecule has 7 nitrogen and oxygen atoms in total. The molecule has 0 aliphatic carbocycles. The molecular formula is C12H19N3O4S. The van der Waals surface area contributed by atoms with Crippen molar-refractivity contribution in [2.24, 2.45) is 0 Å². The van der Waals surface area contributed by atoms with Gasteiger partial charge in [0.2, 0.25) is 15.9 Å². The SMILES string of the molecule is CCCN(CC(=O)NC)S(=O)(=O)c1ccc(O)c(N)c1. The molecule has 8 heteroatoms. The van der Waals surface area contributed by atoms with Crippen LogP contribution in [0.3, 0.4) is 0 Å². The predicted octanol–water partition coefficient (Wildman–Crippen LogP) is 0.121. The number of nitrogens with zero attached hydrogens (tertiary/aromatic N) is 1. The summed E-state index contributed by atoms with van der Waals surface area (Å²) in [5.41, 5.74) is 5.48. The second-order valence-corrected chi connectivity index (χ2v) is 6.17. The number of likely N-dealkylation sites (N-methyl/N-ethyl adjacent to an activating group) is 1. The molecule has 1 aromatic carbocycles. The molecule has 1 rings (SSSR count). The molecule has 0 unspecified atom stereocenters. The first kappa shape index (κ1) is 16.3. The Morgan fingerprint density at radius 3 is 2.60 bits per heavy atom. The smallest absolute Gasteiger partial charge is 0.243 e. The number of amides is 1. The lowest BCUT2D eigenvalue weighted by atomic mass is 10.3. The van der Waals surface area contributed by atoms with Crippen molar-refractivity contribution in [1.82, 2.24) is 9.62 Å². The van der Waals surface area contributed by atoms with Gasteiger partial charge in [-0.05, 0) is 24.6 Å². The third-order valence-electron chi connectivity index (χ3n) is 2.71. The van der Waals surface area contributed by atoms with E-state index in [1.165, 1.54) is 25.2 Å². The summed E-state index contributed by atoms with van der Waals surface area (Å²) in [6.45, 7) is 1.78. The summed E-state index contributed by atoms with van der Waals surface area (Å²) in [6, 6.07) is 3.65. The first-order chi connectivity index (χ1) is 9.32. The summed E-state index contributed by atoms with van der Waals surface area (Å²) in [5.74, 6) is -0.578. The lowest BCUT2D eigenvalue weighted by molar-refractivity contribution is -0.120. The van der Waals surface area contributed by atoms with Crippen LogP contribution in [0.25, 0.3) is 0 Å². The Hall–Kier alpha value is -1.80. The zero-order chi connectivity index (χ0) is 15.3. The molecule has 0 bridgehead atoms. The van der Waals surface area contributed by atoms with Gasteiger partial charge in [-0.25, -0.2) is 8.42 Å². The second-order valence-electron chi connectivity index (χ2n) is 4.23. The van der Waals surface area contributed by atoms with Gasteiger partial charge in [0, 0.05) is 13.6 Å². The molecular weight excluding hydrogens is 282 g/mol. The van der Waals surface area contributed by atoms with Gasteiger partial charge < -0.3 is 16.2 Å². The van der Waals surface area contributed by atoms with E-state index in [4.69, 9.17) is 5.73 Å². The molecule has 0 heterocycles. The number of nitrogens with one attached hydrogen (secondary N) is 1. The fourth-order valence-electron chi connectivity index (χ4n) is 1.61. The van der Waals surface area contributed by atoms with Gasteiger partial charge in [-0.2, -0.15) is 4.31 Å². The van der Waals surface area contributed by atoms with Gasteiger partial charge in [0.05, 0.1) is 17.1 Å². The highest BCUT2D eigenvalue weighted by atomic mass is 32.2. The standard InChI is InChI=1S/C12H19N3O4S/c1-3-6-15(8-12(17)14-2)20(18,19)9-4-5-11(16)10(13)7-9/h4-5,7,16H,3,6,8,13H2,1-2H3,(H,14,17). The number of aromatic hydroxyl groups is 1. The Morgan fingerprint density at radius 2 is 2.10 bits per heavy atom. The number of anilines is 1. The van der Waals surface area contributed by atoms with E-state index in [2.05, 4.69) is 5.32 Å². The van der Waals surface area contributed by atoms with E-state index in [1.807, 2.05) is 6.92 Å². The van der Waals surface area contributed by atoms with Crippen LogP contribution in [0, 0.1) is 0 Å². The third-order valence-corrected chi connectivity index (χ3v) is 4.55. The molecule has 0 atom stereocenters. The number of phenolic OH excluding ortho intramolecular Hbond substituents is 1. The van der Waals surface area contributed by atoms with Crippen LogP contribution < -0.4 is 11.1 Å². The number of carbonyl (C=O) groups excluding carboxylic acids is 1. The maximum absolute atomic E-state index is 12.4. The number of sulfonamides is 1. The van der Waals surface area contributed by atoms with Crippen molar-refractivity contribution in [3.8, 4) is 5.75 Å². The quantitative estimate of drug-likeness (QED) is 0.510. The average Bonchev–Trinajstić information content (AvgIpc) is 2.40. The molecule has 112 valence electrons. The van der Waals surface area contributed by atoms with E-state index in [9.17, 15) is 18.3 Å². The van der Waals surface area contributed by atoms with Crippen molar-refractivity contribution in [3.05, 3.63) is 18.2 Å². The number of hydrogen-bond acceptors (Lipinski definition) is 5. The number of nitrogen functional groups attached to an aromatic ring is 1. The molecule has 0 aliphatic heterocycles. The number of carbonyl (C=O) groups is 1. The van der Waals surface area contributed by atoms with Crippen molar-refractivity contribution in [1.29, 1.82) is 0 Å². The van der Waals surface area contributed by atoms with Crippen molar-refractivity contribution in [2.75, 3.05) is 25.9 Å². The molecule has 20 heavy (non-hydrogen) atoms. The number of nitrogens with two attached hydrogens (primary N) is 1. The van der Waals surface area contributed by atoms with Gasteiger partial charge in [0.1, 0.15) is 5.75 Å². The lowest BCUT2D eigenvalue weighted by Gasteiger charge is -2.21. The van der Waals surface area contributed by atoms with Crippen molar-refractivity contribution < 1.29 is 18.3 Å². The van der Waals surface area contributed by atoms with Crippen LogP contribution in [-0.2, 0) is 14.8 Å². The highest BCUT2D eigenvalue weighted by Gasteiger charge is 2.26. The second kappa shape index (κ2) is 6.58. The fourth-order valence-corrected chi connectivity index (χ4v) is 3.14. The molecule has 0 radical (unpaired) electrons. The molecule has 0 saturated carbocycles. The van der Waals surface area contributed by atoms with Crippen molar-refractivity contribution in [2.45, 2.75) is 18.2 Å². The monoisotopic (exact) mass is 301 g/mol. The van der Waals surface area contributed by atoms with Gasteiger partial charge in [-0.3, -0.25) is 4.79 Å². The van der Waals surface area contributed by atoms with E-state index in [0.717, 1.165) is 4.31 Å². The van der Waals surface area contributed by atoms with Crippen LogP contribution in [0.2, 0.25) is 0 Å². The fraction of sp³-hybridized carbons (Fsp3) is 0.417. The van der Waals surface area contributed by atoms with Crippen LogP contribution >= 0.6 is 0 Å². The minimum absolute atomic E-state index is 0.0255. The minimum Gasteiger partial charge on any atom is -0.506 e. The number of phenols is 1. The first-order valence-electron chi connectivity index (χ1n) is 6.12. The summed E-state index contributed by atoms with van der Waals surface area (Å²) >= 11 is 0. The topological polar surface area (TPSA) is 113 Å². The molecule has 0 saturated heterocycles. The molecule has 4 N–H and O–H groups in total. The maximum Gasteiger partial charge on any atom is 0.243 e. The molecule has 0 fully saturated rings. The molecule has 1 amide bonds. The number of hydrogen-bond donors (Lipinski definition) is 3. The van der Waals surface area contributed by atoms with E-state index < -0.39 is 15.9 Å². The van der Waals surface area contributed by atoms with Crippen LogP contribution in [0.5, 0.6) is 5.75 Å². The van der Waals surface area contributed by atoms with Gasteiger partial charge in [0.25, 0.3) is 0 Å². The molecule has 1 aromatic rings. The summed E-state index contributed by atoms with van der Waals surface area (Å²) in [4.78, 5) is 11.4. The normalized spacial score (nSPS) is 11.6. The number of benzene rings is 1. The Labute approximate surface area is 118 Å². The first-order valence-corrected chi connectivity index (χ1v) is 7.56. The van der Waals surface area contributed by atoms with Gasteiger partial charge in [0.15, 0.2) is 0 Å². The molecule has 0 aliphatic rings. The van der Waals surface area contributed by atoms with Crippen molar-refractivity contribution >= 4 is 21.6 Å². The Kier molecular flexibility index (Phi) is 5.34.